The van der Waals surface area contributed by atoms with Crippen molar-refractivity contribution in [2.75, 3.05) is 11.9 Å². The Hall–Kier alpha value is -0.500. The lowest BCUT2D eigenvalue weighted by molar-refractivity contribution is 0.333. The summed E-state index contributed by atoms with van der Waals surface area (Å²) in [6, 6.07) is 6.46. The Labute approximate surface area is 101 Å². The molecule has 1 nitrogen and oxygen atoms in total. The summed E-state index contributed by atoms with van der Waals surface area (Å²) in [6.07, 6.45) is 3.29. The Morgan fingerprint density at radius 1 is 1.20 bits per heavy atom. The molecule has 0 spiro atoms. The summed E-state index contributed by atoms with van der Waals surface area (Å²) in [5.41, 5.74) is 2.67. The molecule has 15 heavy (non-hydrogen) atoms. The molecule has 0 aromatic heterocycles. The zero-order valence-electron chi connectivity index (χ0n) is 9.55. The third kappa shape index (κ3) is 3.53. The fraction of sp³-hybridized carbons (Fsp3) is 0.538. The fourth-order valence-corrected chi connectivity index (χ4v) is 1.98. The average Bonchev–Trinajstić information content (AvgIpc) is 2.28. The molecule has 84 valence electrons. The Morgan fingerprint density at radius 2 is 1.93 bits per heavy atom. The van der Waals surface area contributed by atoms with Crippen molar-refractivity contribution in [3.05, 3.63) is 29.3 Å². The number of rotatable bonds is 6. The van der Waals surface area contributed by atoms with E-state index in [1.54, 1.807) is 0 Å². The monoisotopic (exact) mass is 270 g/mol. The highest BCUT2D eigenvalue weighted by Gasteiger charge is 2.07. The molecule has 1 aromatic rings. The minimum absolute atomic E-state index is 0.748. The maximum Gasteiger partial charge on any atom is 0.125 e. The van der Waals surface area contributed by atoms with Crippen LogP contribution in [0, 0.1) is 0 Å². The number of aryl methyl sites for hydroxylation is 2. The summed E-state index contributed by atoms with van der Waals surface area (Å²) in [7, 11) is 0. The molecule has 0 aliphatic carbocycles. The molecule has 0 saturated carbocycles. The van der Waals surface area contributed by atoms with Gasteiger partial charge in [-0.25, -0.2) is 0 Å². The van der Waals surface area contributed by atoms with Crippen LogP contribution in [0.2, 0.25) is 0 Å². The first-order chi connectivity index (χ1) is 7.33. The summed E-state index contributed by atoms with van der Waals surface area (Å²) >= 11 is 3.47. The summed E-state index contributed by atoms with van der Waals surface area (Å²) in [4.78, 5) is 0. The van der Waals surface area contributed by atoms with E-state index >= 15 is 0 Å². The molecule has 0 bridgehead atoms. The van der Waals surface area contributed by atoms with E-state index in [1.165, 1.54) is 11.1 Å². The van der Waals surface area contributed by atoms with Gasteiger partial charge in [-0.3, -0.25) is 0 Å². The van der Waals surface area contributed by atoms with Crippen LogP contribution >= 0.6 is 15.9 Å². The minimum Gasteiger partial charge on any atom is -0.493 e. The molecule has 0 heterocycles. The third-order valence-corrected chi connectivity index (χ3v) is 2.99. The van der Waals surface area contributed by atoms with E-state index in [4.69, 9.17) is 4.74 Å². The van der Waals surface area contributed by atoms with Crippen molar-refractivity contribution in [1.29, 1.82) is 0 Å². The van der Waals surface area contributed by atoms with Gasteiger partial charge in [0, 0.05) is 5.33 Å². The SMILES string of the molecule is CCOc1c(CC)cccc1CCCBr. The van der Waals surface area contributed by atoms with Gasteiger partial charge in [-0.2, -0.15) is 0 Å². The topological polar surface area (TPSA) is 9.23 Å². The molecule has 1 aromatic carbocycles. The smallest absolute Gasteiger partial charge is 0.125 e. The highest BCUT2D eigenvalue weighted by atomic mass is 79.9. The minimum atomic E-state index is 0.748. The standard InChI is InChI=1S/C13H19BrO/c1-3-11-7-5-8-12(9-6-10-14)13(11)15-4-2/h5,7-8H,3-4,6,9-10H2,1-2H3. The van der Waals surface area contributed by atoms with E-state index in [-0.39, 0.29) is 0 Å². The molecule has 0 aliphatic rings. The van der Waals surface area contributed by atoms with Crippen molar-refractivity contribution in [2.45, 2.75) is 33.1 Å². The summed E-state index contributed by atoms with van der Waals surface area (Å²) in [6.45, 7) is 4.96. The van der Waals surface area contributed by atoms with Crippen molar-refractivity contribution in [1.82, 2.24) is 0 Å². The molecule has 0 aliphatic heterocycles. The quantitative estimate of drug-likeness (QED) is 0.711. The van der Waals surface area contributed by atoms with E-state index in [1.807, 2.05) is 6.92 Å². The van der Waals surface area contributed by atoms with Gasteiger partial charge in [0.1, 0.15) is 5.75 Å². The maximum atomic E-state index is 5.74. The molecule has 0 saturated heterocycles. The molecule has 0 fully saturated rings. The van der Waals surface area contributed by atoms with Crippen LogP contribution in [-0.2, 0) is 12.8 Å². The first-order valence-electron chi connectivity index (χ1n) is 5.63. The van der Waals surface area contributed by atoms with E-state index < -0.39 is 0 Å². The summed E-state index contributed by atoms with van der Waals surface area (Å²) in [5, 5.41) is 1.05. The van der Waals surface area contributed by atoms with Gasteiger partial charge in [0.2, 0.25) is 0 Å². The van der Waals surface area contributed by atoms with Crippen LogP contribution in [0.4, 0.5) is 0 Å². The first kappa shape index (κ1) is 12.6. The van der Waals surface area contributed by atoms with Gasteiger partial charge in [-0.15, -0.1) is 0 Å². The predicted molar refractivity (Wildman–Crippen MR) is 69.1 cm³/mol. The number of benzene rings is 1. The second-order valence-electron chi connectivity index (χ2n) is 3.48. The van der Waals surface area contributed by atoms with Gasteiger partial charge in [-0.1, -0.05) is 41.1 Å². The molecule has 1 rings (SSSR count). The molecule has 0 amide bonds. The Kier molecular flexibility index (Phi) is 5.77. The van der Waals surface area contributed by atoms with Crippen LogP contribution in [0.5, 0.6) is 5.75 Å². The molecular formula is C13H19BrO. The highest BCUT2D eigenvalue weighted by molar-refractivity contribution is 9.09. The number of para-hydroxylation sites is 1. The normalized spacial score (nSPS) is 10.3. The Balaban J connectivity index is 2.90. The van der Waals surface area contributed by atoms with Crippen LogP contribution in [0.15, 0.2) is 18.2 Å². The van der Waals surface area contributed by atoms with Gasteiger partial charge in [0.05, 0.1) is 6.61 Å². The largest absolute Gasteiger partial charge is 0.493 e. The van der Waals surface area contributed by atoms with Crippen LogP contribution in [-0.4, -0.2) is 11.9 Å². The van der Waals surface area contributed by atoms with Crippen molar-refractivity contribution in [3.63, 3.8) is 0 Å². The zero-order valence-corrected chi connectivity index (χ0v) is 11.1. The number of ether oxygens (including phenoxy) is 1. The molecule has 0 unspecified atom stereocenters. The van der Waals surface area contributed by atoms with Crippen molar-refractivity contribution in [2.24, 2.45) is 0 Å². The summed E-state index contributed by atoms with van der Waals surface area (Å²) in [5.74, 6) is 1.11. The van der Waals surface area contributed by atoms with Gasteiger partial charge in [0.15, 0.2) is 0 Å². The van der Waals surface area contributed by atoms with Crippen LogP contribution in [0.1, 0.15) is 31.4 Å². The van der Waals surface area contributed by atoms with Crippen LogP contribution in [0.25, 0.3) is 0 Å². The number of hydrogen-bond donors (Lipinski definition) is 0. The zero-order chi connectivity index (χ0) is 11.1. The Bertz CT molecular complexity index is 297. The maximum absolute atomic E-state index is 5.74. The lowest BCUT2D eigenvalue weighted by Crippen LogP contribution is -2.01. The number of hydrogen-bond acceptors (Lipinski definition) is 1. The third-order valence-electron chi connectivity index (χ3n) is 2.43. The Morgan fingerprint density at radius 3 is 2.53 bits per heavy atom. The van der Waals surface area contributed by atoms with Crippen molar-refractivity contribution < 1.29 is 4.74 Å². The van der Waals surface area contributed by atoms with E-state index in [2.05, 4.69) is 41.1 Å². The fourth-order valence-electron chi connectivity index (χ4n) is 1.70. The first-order valence-corrected chi connectivity index (χ1v) is 6.75. The van der Waals surface area contributed by atoms with Gasteiger partial charge in [0.25, 0.3) is 0 Å². The second-order valence-corrected chi connectivity index (χ2v) is 4.28. The molecular weight excluding hydrogens is 252 g/mol. The van der Waals surface area contributed by atoms with E-state index in [9.17, 15) is 0 Å². The van der Waals surface area contributed by atoms with Gasteiger partial charge in [-0.05, 0) is 37.3 Å². The lowest BCUT2D eigenvalue weighted by atomic mass is 10.0. The van der Waals surface area contributed by atoms with Gasteiger partial charge >= 0.3 is 0 Å². The van der Waals surface area contributed by atoms with Crippen molar-refractivity contribution >= 4 is 15.9 Å². The number of halogens is 1. The molecule has 0 radical (unpaired) electrons. The average molecular weight is 271 g/mol. The number of alkyl halides is 1. The van der Waals surface area contributed by atoms with Crippen LogP contribution < -0.4 is 4.74 Å². The summed E-state index contributed by atoms with van der Waals surface area (Å²) < 4.78 is 5.74. The van der Waals surface area contributed by atoms with Crippen LogP contribution in [0.3, 0.4) is 0 Å². The lowest BCUT2D eigenvalue weighted by Gasteiger charge is -2.13. The molecule has 2 heteroatoms. The van der Waals surface area contributed by atoms with E-state index in [0.717, 1.165) is 36.9 Å². The van der Waals surface area contributed by atoms with Crippen molar-refractivity contribution in [3.8, 4) is 5.75 Å². The second kappa shape index (κ2) is 6.89. The predicted octanol–water partition coefficient (Wildman–Crippen LogP) is 3.98. The molecule has 0 atom stereocenters. The molecule has 0 N–H and O–H groups in total. The van der Waals surface area contributed by atoms with E-state index in [0.29, 0.717) is 0 Å². The van der Waals surface area contributed by atoms with Gasteiger partial charge < -0.3 is 4.74 Å². The highest BCUT2D eigenvalue weighted by Crippen LogP contribution is 2.26.